The molecule has 4 nitrogen and oxygen atoms in total. The van der Waals surface area contributed by atoms with E-state index in [-0.39, 0.29) is 12.6 Å². The third-order valence-electron chi connectivity index (χ3n) is 2.08. The van der Waals surface area contributed by atoms with Crippen LogP contribution in [0.1, 0.15) is 12.8 Å². The summed E-state index contributed by atoms with van der Waals surface area (Å²) in [6.07, 6.45) is 2.12. The van der Waals surface area contributed by atoms with Crippen molar-refractivity contribution in [1.82, 2.24) is 5.32 Å². The Bertz CT molecular complexity index is 121. The summed E-state index contributed by atoms with van der Waals surface area (Å²) in [6.45, 7) is 1.24. The van der Waals surface area contributed by atoms with Crippen molar-refractivity contribution in [2.24, 2.45) is 0 Å². The molecule has 1 aliphatic heterocycles. The molecule has 0 radical (unpaired) electrons. The van der Waals surface area contributed by atoms with E-state index in [1.165, 1.54) is 0 Å². The van der Waals surface area contributed by atoms with Crippen LogP contribution >= 0.6 is 0 Å². The van der Waals surface area contributed by atoms with E-state index in [1.807, 2.05) is 0 Å². The van der Waals surface area contributed by atoms with E-state index in [0.717, 1.165) is 12.8 Å². The summed E-state index contributed by atoms with van der Waals surface area (Å²) in [6, 6.07) is 0.651. The van der Waals surface area contributed by atoms with Gasteiger partial charge in [-0.25, -0.2) is 0 Å². The van der Waals surface area contributed by atoms with Crippen LogP contribution in [0, 0.1) is 0 Å². The summed E-state index contributed by atoms with van der Waals surface area (Å²) in [5.41, 5.74) is 0. The molecule has 1 heterocycles. The first-order valence-corrected chi connectivity index (χ1v) is 4.30. The Morgan fingerprint density at radius 2 is 2.17 bits per heavy atom. The van der Waals surface area contributed by atoms with Gasteiger partial charge in [0.05, 0.1) is 13.2 Å². The van der Waals surface area contributed by atoms with E-state index in [1.54, 1.807) is 7.11 Å². The van der Waals surface area contributed by atoms with Gasteiger partial charge in [-0.1, -0.05) is 0 Å². The molecule has 4 heteroatoms. The summed E-state index contributed by atoms with van der Waals surface area (Å²) >= 11 is 0. The molecule has 0 aliphatic carbocycles. The number of nitrogens with one attached hydrogen (secondary N) is 1. The van der Waals surface area contributed by atoms with Crippen molar-refractivity contribution in [3.63, 3.8) is 0 Å². The van der Waals surface area contributed by atoms with Gasteiger partial charge < -0.3 is 19.9 Å². The predicted molar refractivity (Wildman–Crippen MR) is 44.9 cm³/mol. The lowest BCUT2D eigenvalue weighted by atomic mass is 10.2. The lowest BCUT2D eigenvalue weighted by molar-refractivity contribution is -0.0368. The van der Waals surface area contributed by atoms with Crippen LogP contribution in [0.2, 0.25) is 0 Å². The SMILES string of the molecule is COCOC[C@H]1CC[C@H](CO)N1. The summed E-state index contributed by atoms with van der Waals surface area (Å²) in [4.78, 5) is 0. The van der Waals surface area contributed by atoms with Gasteiger partial charge >= 0.3 is 0 Å². The molecule has 1 rings (SSSR count). The van der Waals surface area contributed by atoms with Crippen LogP contribution in [0.4, 0.5) is 0 Å². The van der Waals surface area contributed by atoms with Gasteiger partial charge in [0.15, 0.2) is 0 Å². The molecule has 0 unspecified atom stereocenters. The molecule has 0 bridgehead atoms. The molecule has 0 spiro atoms. The number of aliphatic hydroxyl groups excluding tert-OH is 1. The van der Waals surface area contributed by atoms with Crippen LogP contribution in [-0.2, 0) is 9.47 Å². The molecule has 2 N–H and O–H groups in total. The minimum atomic E-state index is 0.223. The molecule has 12 heavy (non-hydrogen) atoms. The molecule has 1 aliphatic rings. The van der Waals surface area contributed by atoms with E-state index in [9.17, 15) is 0 Å². The Morgan fingerprint density at radius 1 is 1.42 bits per heavy atom. The first-order valence-electron chi connectivity index (χ1n) is 4.30. The largest absolute Gasteiger partial charge is 0.395 e. The minimum absolute atomic E-state index is 0.223. The lowest BCUT2D eigenvalue weighted by Crippen LogP contribution is -2.34. The van der Waals surface area contributed by atoms with Crippen molar-refractivity contribution >= 4 is 0 Å². The van der Waals surface area contributed by atoms with E-state index < -0.39 is 0 Å². The van der Waals surface area contributed by atoms with Crippen LogP contribution < -0.4 is 5.32 Å². The zero-order valence-electron chi connectivity index (χ0n) is 7.45. The molecule has 0 saturated carbocycles. The first kappa shape index (κ1) is 9.92. The van der Waals surface area contributed by atoms with Crippen LogP contribution in [0.25, 0.3) is 0 Å². The molecule has 0 aromatic heterocycles. The van der Waals surface area contributed by atoms with Gasteiger partial charge in [-0.05, 0) is 12.8 Å². The smallest absolute Gasteiger partial charge is 0.146 e. The lowest BCUT2D eigenvalue weighted by Gasteiger charge is -2.12. The standard InChI is InChI=1S/C8H17NO3/c1-11-6-12-5-8-3-2-7(4-10)9-8/h7-10H,2-6H2,1H3/t7-,8-/m1/s1. The van der Waals surface area contributed by atoms with Crippen molar-refractivity contribution in [2.45, 2.75) is 24.9 Å². The Morgan fingerprint density at radius 3 is 2.75 bits per heavy atom. The van der Waals surface area contributed by atoms with Gasteiger partial charge in [0.25, 0.3) is 0 Å². The van der Waals surface area contributed by atoms with Crippen LogP contribution in [0.3, 0.4) is 0 Å². The molecule has 0 aromatic carbocycles. The molecule has 72 valence electrons. The van der Waals surface area contributed by atoms with E-state index in [2.05, 4.69) is 5.32 Å². The van der Waals surface area contributed by atoms with Crippen LogP contribution in [0.5, 0.6) is 0 Å². The topological polar surface area (TPSA) is 50.7 Å². The van der Waals surface area contributed by atoms with Gasteiger partial charge in [0.2, 0.25) is 0 Å². The normalized spacial score (nSPS) is 29.5. The summed E-state index contributed by atoms with van der Waals surface area (Å²) in [7, 11) is 1.61. The van der Waals surface area contributed by atoms with E-state index in [4.69, 9.17) is 14.6 Å². The maximum absolute atomic E-state index is 8.83. The molecule has 1 fully saturated rings. The number of rotatable bonds is 5. The quantitative estimate of drug-likeness (QED) is 0.446. The van der Waals surface area contributed by atoms with Gasteiger partial charge in [-0.3, -0.25) is 0 Å². The van der Waals surface area contributed by atoms with Gasteiger partial charge in [0, 0.05) is 19.2 Å². The Hall–Kier alpha value is -0.160. The molecular weight excluding hydrogens is 158 g/mol. The molecule has 2 atom stereocenters. The molecular formula is C8H17NO3. The minimum Gasteiger partial charge on any atom is -0.395 e. The summed E-state index contributed by atoms with van der Waals surface area (Å²) in [5.74, 6) is 0. The zero-order chi connectivity index (χ0) is 8.81. The average molecular weight is 175 g/mol. The van der Waals surface area contributed by atoms with Gasteiger partial charge in [-0.2, -0.15) is 0 Å². The van der Waals surface area contributed by atoms with Gasteiger partial charge in [-0.15, -0.1) is 0 Å². The number of hydrogen-bond donors (Lipinski definition) is 2. The second-order valence-electron chi connectivity index (χ2n) is 3.10. The highest BCUT2D eigenvalue weighted by Gasteiger charge is 2.22. The highest BCUT2D eigenvalue weighted by atomic mass is 16.7. The third kappa shape index (κ3) is 3.06. The maximum atomic E-state index is 8.83. The van der Waals surface area contributed by atoms with Crippen molar-refractivity contribution in [3.8, 4) is 0 Å². The van der Waals surface area contributed by atoms with Crippen LogP contribution in [0.15, 0.2) is 0 Å². The highest BCUT2D eigenvalue weighted by Crippen LogP contribution is 2.11. The second-order valence-corrected chi connectivity index (χ2v) is 3.10. The van der Waals surface area contributed by atoms with Crippen molar-refractivity contribution in [3.05, 3.63) is 0 Å². The van der Waals surface area contributed by atoms with Crippen LogP contribution in [-0.4, -0.2) is 44.3 Å². The first-order chi connectivity index (χ1) is 5.86. The van der Waals surface area contributed by atoms with E-state index >= 15 is 0 Å². The molecule has 1 saturated heterocycles. The van der Waals surface area contributed by atoms with Crippen molar-refractivity contribution < 1.29 is 14.6 Å². The maximum Gasteiger partial charge on any atom is 0.146 e. The molecule has 0 aromatic rings. The summed E-state index contributed by atoms with van der Waals surface area (Å²) < 4.78 is 9.95. The third-order valence-corrected chi connectivity index (χ3v) is 2.08. The van der Waals surface area contributed by atoms with Crippen molar-refractivity contribution in [1.29, 1.82) is 0 Å². The Kier molecular flexibility index (Phi) is 4.53. The second kappa shape index (κ2) is 5.48. The Balaban J connectivity index is 2.03. The number of hydrogen-bond acceptors (Lipinski definition) is 4. The van der Waals surface area contributed by atoms with Crippen molar-refractivity contribution in [2.75, 3.05) is 27.1 Å². The fraction of sp³-hybridized carbons (Fsp3) is 1.00. The molecule has 0 amide bonds. The number of ether oxygens (including phenoxy) is 2. The zero-order valence-corrected chi connectivity index (χ0v) is 7.45. The van der Waals surface area contributed by atoms with Gasteiger partial charge in [0.1, 0.15) is 6.79 Å². The number of aliphatic hydroxyl groups is 1. The fourth-order valence-corrected chi connectivity index (χ4v) is 1.45. The Labute approximate surface area is 72.9 Å². The summed E-state index contributed by atoms with van der Waals surface area (Å²) in [5, 5.41) is 12.1. The average Bonchev–Trinajstić information content (AvgIpc) is 2.53. The monoisotopic (exact) mass is 175 g/mol. The van der Waals surface area contributed by atoms with E-state index in [0.29, 0.717) is 19.4 Å². The highest BCUT2D eigenvalue weighted by molar-refractivity contribution is 4.82. The number of methoxy groups -OCH3 is 1. The predicted octanol–water partition coefficient (Wildman–Crippen LogP) is -0.280. The fourth-order valence-electron chi connectivity index (χ4n) is 1.45.